The SMILES string of the molecule is CCC(C)(C)c1cc(=O)ooooc1=O. The van der Waals surface area contributed by atoms with Crippen LogP contribution in [-0.4, -0.2) is 0 Å². The fourth-order valence-electron chi connectivity index (χ4n) is 1.00. The molecule has 84 valence electrons. The lowest BCUT2D eigenvalue weighted by atomic mass is 9.84. The maximum atomic E-state index is 11.4. The highest BCUT2D eigenvalue weighted by molar-refractivity contribution is 5.15. The Morgan fingerprint density at radius 1 is 1.20 bits per heavy atom. The summed E-state index contributed by atoms with van der Waals surface area (Å²) >= 11 is 0. The summed E-state index contributed by atoms with van der Waals surface area (Å²) in [7, 11) is 0. The van der Waals surface area contributed by atoms with Gasteiger partial charge in [-0.2, -0.15) is 0 Å². The average molecular weight is 216 g/mol. The van der Waals surface area contributed by atoms with Crippen LogP contribution in [0.4, 0.5) is 0 Å². The molecule has 1 heterocycles. The lowest BCUT2D eigenvalue weighted by Crippen LogP contribution is -2.25. The maximum absolute atomic E-state index is 11.4. The van der Waals surface area contributed by atoms with Gasteiger partial charge in [0.05, 0.1) is 5.56 Å². The van der Waals surface area contributed by atoms with Gasteiger partial charge in [0.25, 0.3) is 0 Å². The predicted octanol–water partition coefficient (Wildman–Crippen LogP) is 1.59. The van der Waals surface area contributed by atoms with Crippen LogP contribution in [0.3, 0.4) is 0 Å². The quantitative estimate of drug-likeness (QED) is 0.697. The van der Waals surface area contributed by atoms with Crippen molar-refractivity contribution in [2.45, 2.75) is 32.6 Å². The topological polar surface area (TPSA) is 86.7 Å². The summed E-state index contributed by atoms with van der Waals surface area (Å²) < 4.78 is 16.0. The molecular formula is C9H12O6. The van der Waals surface area contributed by atoms with E-state index in [2.05, 4.69) is 18.6 Å². The third-order valence-corrected chi connectivity index (χ3v) is 2.35. The fourth-order valence-corrected chi connectivity index (χ4v) is 1.00. The first-order valence-electron chi connectivity index (χ1n) is 4.45. The molecule has 0 amide bonds. The molecule has 0 aromatic carbocycles. The van der Waals surface area contributed by atoms with Gasteiger partial charge in [0, 0.05) is 6.07 Å². The number of rotatable bonds is 2. The van der Waals surface area contributed by atoms with Gasteiger partial charge < -0.3 is 0 Å². The van der Waals surface area contributed by atoms with Crippen LogP contribution in [0.15, 0.2) is 34.3 Å². The summed E-state index contributed by atoms with van der Waals surface area (Å²) in [5.74, 6) is 0. The zero-order valence-corrected chi connectivity index (χ0v) is 8.73. The molecule has 0 radical (unpaired) electrons. The van der Waals surface area contributed by atoms with Crippen LogP contribution in [0, 0.1) is 0 Å². The zero-order valence-electron chi connectivity index (χ0n) is 8.73. The lowest BCUT2D eigenvalue weighted by Gasteiger charge is -2.19. The summed E-state index contributed by atoms with van der Waals surface area (Å²) in [5, 5.41) is 0. The highest BCUT2D eigenvalue weighted by Gasteiger charge is 2.23. The first-order chi connectivity index (χ1) is 6.97. The summed E-state index contributed by atoms with van der Waals surface area (Å²) in [6, 6.07) is 1.04. The Bertz CT molecular complexity index is 467. The molecule has 0 atom stereocenters. The Morgan fingerprint density at radius 3 is 2.40 bits per heavy atom. The molecule has 6 nitrogen and oxygen atoms in total. The monoisotopic (exact) mass is 216 g/mol. The molecule has 0 spiro atoms. The Hall–Kier alpha value is -1.72. The third kappa shape index (κ3) is 2.61. The van der Waals surface area contributed by atoms with Crippen molar-refractivity contribution in [2.75, 3.05) is 0 Å². The lowest BCUT2D eigenvalue weighted by molar-refractivity contribution is -0.306. The molecule has 0 aliphatic rings. The minimum absolute atomic E-state index is 0.179. The molecule has 0 bridgehead atoms. The van der Waals surface area contributed by atoms with Gasteiger partial charge in [-0.05, 0) is 21.3 Å². The van der Waals surface area contributed by atoms with Gasteiger partial charge in [0.2, 0.25) is 0 Å². The predicted molar refractivity (Wildman–Crippen MR) is 49.0 cm³/mol. The van der Waals surface area contributed by atoms with Crippen LogP contribution < -0.4 is 11.3 Å². The average Bonchev–Trinajstić information content (AvgIpc) is 2.18. The Balaban J connectivity index is 3.56. The van der Waals surface area contributed by atoms with Crippen LogP contribution in [0.2, 0.25) is 0 Å². The van der Waals surface area contributed by atoms with Crippen molar-refractivity contribution in [3.05, 3.63) is 32.5 Å². The van der Waals surface area contributed by atoms with E-state index in [9.17, 15) is 9.59 Å². The molecule has 0 unspecified atom stereocenters. The zero-order chi connectivity index (χ0) is 11.5. The van der Waals surface area contributed by atoms with Crippen LogP contribution in [0.25, 0.3) is 0 Å². The van der Waals surface area contributed by atoms with Gasteiger partial charge in [0.15, 0.2) is 0 Å². The second kappa shape index (κ2) is 4.20. The number of hydrogen-bond acceptors (Lipinski definition) is 6. The molecule has 0 aliphatic heterocycles. The van der Waals surface area contributed by atoms with Crippen molar-refractivity contribution in [3.63, 3.8) is 0 Å². The number of hydrogen-bond donors (Lipinski definition) is 0. The molecule has 1 aromatic heterocycles. The van der Waals surface area contributed by atoms with Crippen molar-refractivity contribution >= 4 is 0 Å². The smallest absolute Gasteiger partial charge is 0.242 e. The van der Waals surface area contributed by atoms with E-state index in [-0.39, 0.29) is 5.56 Å². The highest BCUT2D eigenvalue weighted by Crippen LogP contribution is 2.22. The first kappa shape index (κ1) is 11.4. The van der Waals surface area contributed by atoms with E-state index in [1.54, 1.807) is 13.8 Å². The summed E-state index contributed by atoms with van der Waals surface area (Å²) in [4.78, 5) is 22.5. The summed E-state index contributed by atoms with van der Waals surface area (Å²) in [5.41, 5.74) is -1.91. The molecule has 0 fully saturated rings. The van der Waals surface area contributed by atoms with E-state index in [4.69, 9.17) is 0 Å². The van der Waals surface area contributed by atoms with E-state index in [0.29, 0.717) is 6.42 Å². The van der Waals surface area contributed by atoms with Crippen molar-refractivity contribution in [2.24, 2.45) is 0 Å². The molecule has 1 aromatic rings. The molecule has 6 heteroatoms. The van der Waals surface area contributed by atoms with Gasteiger partial charge in [-0.1, -0.05) is 20.8 Å². The second-order valence-electron chi connectivity index (χ2n) is 3.70. The molecule has 0 saturated heterocycles. The Labute approximate surface area is 84.6 Å². The normalized spacial score (nSPS) is 11.1. The van der Waals surface area contributed by atoms with E-state index >= 15 is 0 Å². The molecule has 0 saturated carbocycles. The molecule has 15 heavy (non-hydrogen) atoms. The standard InChI is InChI=1S/C9H12O6/c1-4-9(2,3)6-5-7(10)12-14-15-13-8(6)11/h5H,4H2,1-3H3. The van der Waals surface area contributed by atoms with Gasteiger partial charge >= 0.3 is 11.3 Å². The van der Waals surface area contributed by atoms with Crippen LogP contribution in [-0.2, 0) is 5.41 Å². The van der Waals surface area contributed by atoms with E-state index in [1.165, 1.54) is 0 Å². The summed E-state index contributed by atoms with van der Waals surface area (Å²) in [6.07, 6.45) is 0.655. The van der Waals surface area contributed by atoms with Gasteiger partial charge in [-0.25, -0.2) is 18.7 Å². The van der Waals surface area contributed by atoms with E-state index in [0.717, 1.165) is 6.07 Å². The Kier molecular flexibility index (Phi) is 3.18. The van der Waals surface area contributed by atoms with Crippen LogP contribution in [0.5, 0.6) is 0 Å². The molecular weight excluding hydrogens is 204 g/mol. The Morgan fingerprint density at radius 2 is 1.80 bits per heavy atom. The molecule has 1 rings (SSSR count). The maximum Gasteiger partial charge on any atom is 0.387 e. The minimum Gasteiger partial charge on any atom is -0.242 e. The minimum atomic E-state index is -0.817. The molecule has 0 N–H and O–H groups in total. The van der Waals surface area contributed by atoms with Gasteiger partial charge in [0.1, 0.15) is 0 Å². The van der Waals surface area contributed by atoms with Gasteiger partial charge in [-0.15, -0.1) is 0 Å². The van der Waals surface area contributed by atoms with Crippen molar-refractivity contribution in [1.29, 1.82) is 0 Å². The fraction of sp³-hybridized carbons (Fsp3) is 0.556. The van der Waals surface area contributed by atoms with E-state index < -0.39 is 16.7 Å². The van der Waals surface area contributed by atoms with Crippen molar-refractivity contribution < 1.29 is 18.6 Å². The summed E-state index contributed by atoms with van der Waals surface area (Å²) in [6.45, 7) is 5.49. The third-order valence-electron chi connectivity index (χ3n) is 2.35. The second-order valence-corrected chi connectivity index (χ2v) is 3.70. The van der Waals surface area contributed by atoms with Crippen LogP contribution >= 0.6 is 0 Å². The van der Waals surface area contributed by atoms with Crippen LogP contribution in [0.1, 0.15) is 32.8 Å². The van der Waals surface area contributed by atoms with Gasteiger partial charge in [-0.3, -0.25) is 0 Å². The van der Waals surface area contributed by atoms with E-state index in [1.807, 2.05) is 6.92 Å². The largest absolute Gasteiger partial charge is 0.387 e. The van der Waals surface area contributed by atoms with Crippen molar-refractivity contribution in [1.82, 2.24) is 0 Å². The highest BCUT2D eigenvalue weighted by atomic mass is 17.4. The molecule has 0 aliphatic carbocycles. The van der Waals surface area contributed by atoms with Crippen molar-refractivity contribution in [3.8, 4) is 0 Å². The first-order valence-corrected chi connectivity index (χ1v) is 4.45.